The number of halogens is 3. The molecule has 1 saturated carbocycles. The lowest BCUT2D eigenvalue weighted by Gasteiger charge is -2.28. The molecule has 0 amide bonds. The van der Waals surface area contributed by atoms with Gasteiger partial charge in [-0.15, -0.1) is 6.58 Å². The van der Waals surface area contributed by atoms with Crippen LogP contribution in [0, 0.1) is 17.5 Å². The van der Waals surface area contributed by atoms with Gasteiger partial charge in [0.15, 0.2) is 11.6 Å². The highest BCUT2D eigenvalue weighted by Crippen LogP contribution is 2.36. The van der Waals surface area contributed by atoms with Gasteiger partial charge >= 0.3 is 0 Å². The quantitative estimate of drug-likeness (QED) is 0.273. The molecule has 0 unspecified atom stereocenters. The number of unbranched alkanes of at least 4 members (excludes halogenated alkanes) is 3. The first kappa shape index (κ1) is 23.6. The maximum atomic E-state index is 14.9. The summed E-state index contributed by atoms with van der Waals surface area (Å²) < 4.78 is 49.9. The molecule has 1 nitrogen and oxygen atoms in total. The monoisotopic (exact) mass is 430 g/mol. The van der Waals surface area contributed by atoms with Crippen molar-refractivity contribution in [2.75, 3.05) is 6.61 Å². The van der Waals surface area contributed by atoms with Crippen LogP contribution in [0.1, 0.15) is 75.3 Å². The molecule has 0 spiro atoms. The van der Waals surface area contributed by atoms with Gasteiger partial charge in [0, 0.05) is 11.1 Å². The minimum Gasteiger partial charge on any atom is -0.374 e. The summed E-state index contributed by atoms with van der Waals surface area (Å²) in [5.74, 6) is -2.05. The van der Waals surface area contributed by atoms with Crippen molar-refractivity contribution < 1.29 is 17.9 Å². The summed E-state index contributed by atoms with van der Waals surface area (Å²) in [4.78, 5) is 0. The zero-order chi connectivity index (χ0) is 22.2. The van der Waals surface area contributed by atoms with E-state index in [1.54, 1.807) is 18.2 Å². The first-order valence-corrected chi connectivity index (χ1v) is 11.5. The van der Waals surface area contributed by atoms with Crippen molar-refractivity contribution in [1.82, 2.24) is 0 Å². The largest absolute Gasteiger partial charge is 0.374 e. The number of aryl methyl sites for hydroxylation is 1. The van der Waals surface area contributed by atoms with E-state index in [2.05, 4.69) is 13.5 Å². The van der Waals surface area contributed by atoms with Gasteiger partial charge in [-0.1, -0.05) is 56.5 Å². The van der Waals surface area contributed by atoms with Crippen LogP contribution in [-0.2, 0) is 11.2 Å². The van der Waals surface area contributed by atoms with E-state index in [9.17, 15) is 13.2 Å². The van der Waals surface area contributed by atoms with Crippen LogP contribution in [0.25, 0.3) is 11.1 Å². The molecule has 0 bridgehead atoms. The summed E-state index contributed by atoms with van der Waals surface area (Å²) in [7, 11) is 0. The third-order valence-electron chi connectivity index (χ3n) is 6.34. The van der Waals surface area contributed by atoms with E-state index >= 15 is 0 Å². The van der Waals surface area contributed by atoms with Gasteiger partial charge in [-0.25, -0.2) is 13.2 Å². The number of hydrogen-bond donors (Lipinski definition) is 0. The fourth-order valence-electron chi connectivity index (χ4n) is 4.50. The molecule has 1 aliphatic carbocycles. The highest BCUT2D eigenvalue weighted by Gasteiger charge is 2.24. The molecule has 4 heteroatoms. The van der Waals surface area contributed by atoms with E-state index in [-0.39, 0.29) is 23.1 Å². The summed E-state index contributed by atoms with van der Waals surface area (Å²) in [5.41, 5.74) is 1.38. The molecular weight excluding hydrogens is 397 g/mol. The Kier molecular flexibility index (Phi) is 8.77. The molecule has 0 radical (unpaired) electrons. The molecule has 31 heavy (non-hydrogen) atoms. The molecule has 0 heterocycles. The summed E-state index contributed by atoms with van der Waals surface area (Å²) in [6.07, 6.45) is 10.2. The lowest BCUT2D eigenvalue weighted by atomic mass is 9.82. The van der Waals surface area contributed by atoms with Crippen LogP contribution in [0.3, 0.4) is 0 Å². The van der Waals surface area contributed by atoms with Crippen LogP contribution in [0.15, 0.2) is 43.0 Å². The van der Waals surface area contributed by atoms with Gasteiger partial charge in [0.05, 0.1) is 12.7 Å². The van der Waals surface area contributed by atoms with Gasteiger partial charge < -0.3 is 4.74 Å². The topological polar surface area (TPSA) is 9.23 Å². The van der Waals surface area contributed by atoms with E-state index in [0.29, 0.717) is 18.6 Å². The molecule has 0 atom stereocenters. The Morgan fingerprint density at radius 1 is 0.935 bits per heavy atom. The molecule has 0 N–H and O–H groups in total. The first-order chi connectivity index (χ1) is 15.0. The van der Waals surface area contributed by atoms with E-state index in [0.717, 1.165) is 56.9 Å². The molecule has 2 aromatic rings. The summed E-state index contributed by atoms with van der Waals surface area (Å²) in [5, 5.41) is 0. The lowest BCUT2D eigenvalue weighted by Crippen LogP contribution is -2.21. The van der Waals surface area contributed by atoms with Gasteiger partial charge in [-0.3, -0.25) is 0 Å². The maximum absolute atomic E-state index is 14.9. The Bertz CT molecular complexity index is 869. The summed E-state index contributed by atoms with van der Waals surface area (Å²) in [6, 6.07) is 8.03. The fourth-order valence-corrected chi connectivity index (χ4v) is 4.50. The van der Waals surface area contributed by atoms with Crippen molar-refractivity contribution in [1.29, 1.82) is 0 Å². The van der Waals surface area contributed by atoms with Crippen molar-refractivity contribution in [2.24, 2.45) is 0 Å². The Balaban J connectivity index is 1.70. The second-order valence-electron chi connectivity index (χ2n) is 8.55. The molecule has 168 valence electrons. The SMILES string of the molecule is C=CCOC1CCC(c2ccc(-c3ccc(CCCCCC)c(F)c3F)c(F)c2)CC1. The Labute approximate surface area is 184 Å². The van der Waals surface area contributed by atoms with Crippen LogP contribution in [0.5, 0.6) is 0 Å². The maximum Gasteiger partial charge on any atom is 0.167 e. The zero-order valence-corrected chi connectivity index (χ0v) is 18.4. The van der Waals surface area contributed by atoms with Crippen molar-refractivity contribution in [3.8, 4) is 11.1 Å². The average Bonchev–Trinajstić information content (AvgIpc) is 2.79. The normalized spacial score (nSPS) is 18.8. The van der Waals surface area contributed by atoms with E-state index in [4.69, 9.17) is 4.74 Å². The third-order valence-corrected chi connectivity index (χ3v) is 6.34. The van der Waals surface area contributed by atoms with Gasteiger partial charge in [0.1, 0.15) is 5.82 Å². The molecule has 1 aliphatic rings. The van der Waals surface area contributed by atoms with Crippen LogP contribution in [0.4, 0.5) is 13.2 Å². The van der Waals surface area contributed by atoms with Gasteiger partial charge in [0.2, 0.25) is 0 Å². The highest BCUT2D eigenvalue weighted by atomic mass is 19.2. The Morgan fingerprint density at radius 3 is 2.35 bits per heavy atom. The average molecular weight is 431 g/mol. The number of benzene rings is 2. The first-order valence-electron chi connectivity index (χ1n) is 11.5. The van der Waals surface area contributed by atoms with E-state index < -0.39 is 17.5 Å². The van der Waals surface area contributed by atoms with Crippen molar-refractivity contribution in [2.45, 2.75) is 76.7 Å². The molecule has 1 fully saturated rings. The van der Waals surface area contributed by atoms with E-state index in [1.165, 1.54) is 12.1 Å². The van der Waals surface area contributed by atoms with Crippen LogP contribution >= 0.6 is 0 Å². The zero-order valence-electron chi connectivity index (χ0n) is 18.4. The molecule has 0 saturated heterocycles. The third kappa shape index (κ3) is 6.00. The van der Waals surface area contributed by atoms with Crippen LogP contribution in [-0.4, -0.2) is 12.7 Å². The lowest BCUT2D eigenvalue weighted by molar-refractivity contribution is 0.0423. The second-order valence-corrected chi connectivity index (χ2v) is 8.55. The molecule has 3 rings (SSSR count). The fraction of sp³-hybridized carbons (Fsp3) is 0.481. The van der Waals surface area contributed by atoms with E-state index in [1.807, 2.05) is 6.07 Å². The van der Waals surface area contributed by atoms with Gasteiger partial charge in [-0.2, -0.15) is 0 Å². The van der Waals surface area contributed by atoms with Gasteiger partial charge in [0.25, 0.3) is 0 Å². The smallest absolute Gasteiger partial charge is 0.167 e. The standard InChI is InChI=1S/C27H33F3O/c1-3-5-6-7-8-20-11-16-24(27(30)26(20)29)23-15-12-21(18-25(23)28)19-9-13-22(14-10-19)31-17-4-2/h4,11-12,15-16,18-19,22H,2-3,5-10,13-14,17H2,1H3. The van der Waals surface area contributed by atoms with Crippen LogP contribution < -0.4 is 0 Å². The molecule has 2 aromatic carbocycles. The van der Waals surface area contributed by atoms with Crippen molar-refractivity contribution in [3.05, 3.63) is 71.6 Å². The molecular formula is C27H33F3O. The highest BCUT2D eigenvalue weighted by molar-refractivity contribution is 5.66. The summed E-state index contributed by atoms with van der Waals surface area (Å²) in [6.45, 7) is 6.33. The minimum atomic E-state index is -0.959. The number of hydrogen-bond acceptors (Lipinski definition) is 1. The second kappa shape index (κ2) is 11.5. The predicted octanol–water partition coefficient (Wildman–Crippen LogP) is 8.12. The van der Waals surface area contributed by atoms with Crippen molar-refractivity contribution in [3.63, 3.8) is 0 Å². The summed E-state index contributed by atoms with van der Waals surface area (Å²) >= 11 is 0. The number of rotatable bonds is 10. The van der Waals surface area contributed by atoms with Gasteiger partial charge in [-0.05, 0) is 61.6 Å². The Hall–Kier alpha value is -2.07. The minimum absolute atomic E-state index is 0.0135. The Morgan fingerprint density at radius 2 is 1.68 bits per heavy atom. The van der Waals surface area contributed by atoms with Crippen molar-refractivity contribution >= 4 is 0 Å². The number of ether oxygens (including phenoxy) is 1. The molecule has 0 aliphatic heterocycles. The predicted molar refractivity (Wildman–Crippen MR) is 121 cm³/mol. The van der Waals surface area contributed by atoms with Crippen LogP contribution in [0.2, 0.25) is 0 Å². The molecule has 0 aromatic heterocycles.